The number of rotatable bonds is 18. The standard InChI is InChI=1S/C36H39N3O9/c1-4-7-22-28(46-19-16-40)13-10-25(31(22)43)34-37-35(26-11-14-29(47-20-17-41)23(8-5-2)32(26)44)39-36(38-34)27-12-15-30(48-21-18-42)24(9-6-3)33(27)45/h4-6,10-15,40-45H,1-3,7-9,16-21H2. The molecule has 0 radical (unpaired) electrons. The highest BCUT2D eigenvalue weighted by molar-refractivity contribution is 5.77. The van der Waals surface area contributed by atoms with Gasteiger partial charge >= 0.3 is 0 Å². The van der Waals surface area contributed by atoms with E-state index in [2.05, 4.69) is 34.7 Å². The second-order valence-corrected chi connectivity index (χ2v) is 10.3. The molecule has 0 saturated carbocycles. The molecule has 0 aliphatic heterocycles. The normalized spacial score (nSPS) is 10.8. The van der Waals surface area contributed by atoms with Crippen LogP contribution < -0.4 is 14.2 Å². The molecule has 252 valence electrons. The third kappa shape index (κ3) is 7.74. The number of ether oxygens (including phenoxy) is 3. The Kier molecular flexibility index (Phi) is 12.5. The predicted molar refractivity (Wildman–Crippen MR) is 181 cm³/mol. The molecule has 1 heterocycles. The Morgan fingerprint density at radius 2 is 0.750 bits per heavy atom. The van der Waals surface area contributed by atoms with Gasteiger partial charge in [-0.15, -0.1) is 19.7 Å². The first kappa shape index (κ1) is 35.4. The monoisotopic (exact) mass is 657 g/mol. The molecule has 0 bridgehead atoms. The van der Waals surface area contributed by atoms with E-state index in [-0.39, 0.29) is 110 Å². The summed E-state index contributed by atoms with van der Waals surface area (Å²) in [4.78, 5) is 13.9. The van der Waals surface area contributed by atoms with Gasteiger partial charge in [0, 0.05) is 16.7 Å². The molecule has 0 aliphatic carbocycles. The van der Waals surface area contributed by atoms with E-state index >= 15 is 0 Å². The number of aliphatic hydroxyl groups excluding tert-OH is 3. The quantitative estimate of drug-likeness (QED) is 0.0835. The molecule has 0 amide bonds. The number of benzene rings is 3. The second kappa shape index (κ2) is 16.9. The lowest BCUT2D eigenvalue weighted by molar-refractivity contribution is 0.200. The number of aromatic nitrogens is 3. The number of hydrogen-bond donors (Lipinski definition) is 6. The van der Waals surface area contributed by atoms with Gasteiger partial charge in [-0.25, -0.2) is 15.0 Å². The first-order valence-corrected chi connectivity index (χ1v) is 15.2. The van der Waals surface area contributed by atoms with Crippen LogP contribution in [0.2, 0.25) is 0 Å². The van der Waals surface area contributed by atoms with E-state index in [1.807, 2.05) is 0 Å². The van der Waals surface area contributed by atoms with Crippen molar-refractivity contribution in [2.45, 2.75) is 19.3 Å². The Balaban J connectivity index is 2.01. The molecule has 0 atom stereocenters. The second-order valence-electron chi connectivity index (χ2n) is 10.3. The zero-order chi connectivity index (χ0) is 34.6. The van der Waals surface area contributed by atoms with Gasteiger partial charge in [-0.1, -0.05) is 18.2 Å². The summed E-state index contributed by atoms with van der Waals surface area (Å²) in [5.74, 6) is 0.498. The summed E-state index contributed by atoms with van der Waals surface area (Å²) in [6, 6.07) is 9.52. The molecule has 1 aromatic heterocycles. The van der Waals surface area contributed by atoms with Crippen LogP contribution in [0.4, 0.5) is 0 Å². The van der Waals surface area contributed by atoms with Crippen LogP contribution in [0.15, 0.2) is 74.4 Å². The molecule has 4 rings (SSSR count). The summed E-state index contributed by atoms with van der Waals surface area (Å²) in [5.41, 5.74) is 1.79. The van der Waals surface area contributed by atoms with Crippen molar-refractivity contribution < 1.29 is 44.8 Å². The fourth-order valence-corrected chi connectivity index (χ4v) is 5.03. The Labute approximate surface area is 278 Å². The van der Waals surface area contributed by atoms with Gasteiger partial charge in [0.05, 0.1) is 36.5 Å². The van der Waals surface area contributed by atoms with Gasteiger partial charge in [0.1, 0.15) is 54.3 Å². The number of aliphatic hydroxyl groups is 3. The van der Waals surface area contributed by atoms with Crippen LogP contribution in [0.3, 0.4) is 0 Å². The van der Waals surface area contributed by atoms with Gasteiger partial charge in [-0.05, 0) is 55.7 Å². The van der Waals surface area contributed by atoms with Crippen molar-refractivity contribution in [3.05, 3.63) is 91.1 Å². The Hall–Kier alpha value is -5.43. The molecule has 0 aliphatic rings. The first-order valence-electron chi connectivity index (χ1n) is 15.2. The summed E-state index contributed by atoms with van der Waals surface area (Å²) >= 11 is 0. The summed E-state index contributed by atoms with van der Waals surface area (Å²) in [5, 5.41) is 62.2. The molecule has 0 unspecified atom stereocenters. The Morgan fingerprint density at radius 3 is 0.979 bits per heavy atom. The number of hydrogen-bond acceptors (Lipinski definition) is 12. The lowest BCUT2D eigenvalue weighted by Gasteiger charge is -2.17. The fourth-order valence-electron chi connectivity index (χ4n) is 5.03. The molecule has 12 nitrogen and oxygen atoms in total. The zero-order valence-corrected chi connectivity index (χ0v) is 26.4. The lowest BCUT2D eigenvalue weighted by atomic mass is 10.0. The molecule has 12 heteroatoms. The van der Waals surface area contributed by atoms with Crippen LogP contribution >= 0.6 is 0 Å². The Morgan fingerprint density at radius 1 is 0.479 bits per heavy atom. The van der Waals surface area contributed by atoms with Crippen molar-refractivity contribution in [1.29, 1.82) is 0 Å². The molecule has 6 N–H and O–H groups in total. The minimum absolute atomic E-state index is 0.0116. The summed E-state index contributed by atoms with van der Waals surface area (Å²) < 4.78 is 16.9. The third-order valence-corrected chi connectivity index (χ3v) is 7.17. The maximum absolute atomic E-state index is 11.5. The van der Waals surface area contributed by atoms with E-state index in [1.165, 1.54) is 0 Å². The van der Waals surface area contributed by atoms with Crippen molar-refractivity contribution >= 4 is 0 Å². The van der Waals surface area contributed by atoms with Crippen molar-refractivity contribution in [3.8, 4) is 68.7 Å². The van der Waals surface area contributed by atoms with Crippen LogP contribution in [0, 0.1) is 0 Å². The lowest BCUT2D eigenvalue weighted by Crippen LogP contribution is -2.07. The highest BCUT2D eigenvalue weighted by Gasteiger charge is 2.24. The fraction of sp³-hybridized carbons (Fsp3) is 0.250. The van der Waals surface area contributed by atoms with E-state index < -0.39 is 0 Å². The molecular weight excluding hydrogens is 618 g/mol. The molecule has 0 saturated heterocycles. The van der Waals surface area contributed by atoms with Gasteiger partial charge in [-0.3, -0.25) is 0 Å². The van der Waals surface area contributed by atoms with E-state index in [0.717, 1.165) is 0 Å². The van der Waals surface area contributed by atoms with Gasteiger partial charge < -0.3 is 44.8 Å². The van der Waals surface area contributed by atoms with Gasteiger partial charge in [-0.2, -0.15) is 0 Å². The van der Waals surface area contributed by atoms with Crippen LogP contribution in [-0.2, 0) is 19.3 Å². The van der Waals surface area contributed by atoms with Gasteiger partial charge in [0.25, 0.3) is 0 Å². The average Bonchev–Trinajstić information content (AvgIpc) is 3.09. The SMILES string of the molecule is C=CCc1c(OCCO)ccc(-c2nc(-c3ccc(OCCO)c(CC=C)c3O)nc(-c3ccc(OCCO)c(CC=C)c3O)n2)c1O. The van der Waals surface area contributed by atoms with Crippen molar-refractivity contribution in [2.75, 3.05) is 39.6 Å². The van der Waals surface area contributed by atoms with Crippen LogP contribution in [0.1, 0.15) is 16.7 Å². The van der Waals surface area contributed by atoms with Crippen molar-refractivity contribution in [1.82, 2.24) is 15.0 Å². The van der Waals surface area contributed by atoms with Crippen molar-refractivity contribution in [3.63, 3.8) is 0 Å². The molecule has 48 heavy (non-hydrogen) atoms. The number of aromatic hydroxyl groups is 3. The van der Waals surface area contributed by atoms with Crippen LogP contribution in [0.25, 0.3) is 34.2 Å². The first-order chi connectivity index (χ1) is 23.3. The molecule has 0 fully saturated rings. The van der Waals surface area contributed by atoms with Crippen LogP contribution in [0.5, 0.6) is 34.5 Å². The number of nitrogens with zero attached hydrogens (tertiary/aromatic N) is 3. The smallest absolute Gasteiger partial charge is 0.167 e. The highest BCUT2D eigenvalue weighted by Crippen LogP contribution is 2.42. The van der Waals surface area contributed by atoms with Crippen LogP contribution in [-0.4, -0.2) is 85.2 Å². The third-order valence-electron chi connectivity index (χ3n) is 7.17. The maximum atomic E-state index is 11.5. The predicted octanol–water partition coefficient (Wildman–Crippen LogP) is 4.29. The summed E-state index contributed by atoms with van der Waals surface area (Å²) in [6.07, 6.45) is 5.46. The molecule has 3 aromatic carbocycles. The molecular formula is C36H39N3O9. The van der Waals surface area contributed by atoms with Gasteiger partial charge in [0.15, 0.2) is 17.5 Å². The van der Waals surface area contributed by atoms with E-state index in [9.17, 15) is 30.6 Å². The molecule has 0 spiro atoms. The topological polar surface area (TPSA) is 188 Å². The van der Waals surface area contributed by atoms with Crippen molar-refractivity contribution in [2.24, 2.45) is 0 Å². The number of phenolic OH excluding ortho intramolecular Hbond substituents is 3. The van der Waals surface area contributed by atoms with E-state index in [1.54, 1.807) is 54.6 Å². The van der Waals surface area contributed by atoms with Gasteiger partial charge in [0.2, 0.25) is 0 Å². The average molecular weight is 658 g/mol. The minimum atomic E-state index is -0.224. The summed E-state index contributed by atoms with van der Waals surface area (Å²) in [6.45, 7) is 10.7. The number of phenols is 3. The largest absolute Gasteiger partial charge is 0.507 e. The van der Waals surface area contributed by atoms with E-state index in [4.69, 9.17) is 14.2 Å². The minimum Gasteiger partial charge on any atom is -0.507 e. The highest BCUT2D eigenvalue weighted by atomic mass is 16.5. The maximum Gasteiger partial charge on any atom is 0.167 e. The zero-order valence-electron chi connectivity index (χ0n) is 26.4. The number of allylic oxidation sites excluding steroid dienone is 3. The van der Waals surface area contributed by atoms with E-state index in [0.29, 0.717) is 33.9 Å². The molecule has 4 aromatic rings. The summed E-state index contributed by atoms with van der Waals surface area (Å²) in [7, 11) is 0. The Bertz CT molecular complexity index is 1560.